The van der Waals surface area contributed by atoms with Crippen LogP contribution in [0.2, 0.25) is 0 Å². The van der Waals surface area contributed by atoms with Crippen molar-refractivity contribution < 1.29 is 9.18 Å². The molecule has 2 aromatic rings. The molecule has 4 heteroatoms. The number of benzene rings is 2. The van der Waals surface area contributed by atoms with Crippen molar-refractivity contribution >= 4 is 11.5 Å². The van der Waals surface area contributed by atoms with E-state index in [1.54, 1.807) is 23.1 Å². The summed E-state index contributed by atoms with van der Waals surface area (Å²) >= 11 is 0. The van der Waals surface area contributed by atoms with E-state index in [0.29, 0.717) is 13.1 Å². The molecule has 0 fully saturated rings. The van der Waals surface area contributed by atoms with Crippen LogP contribution in [0.25, 0.3) is 5.57 Å². The van der Waals surface area contributed by atoms with Gasteiger partial charge in [0.05, 0.1) is 0 Å². The standard InChI is InChI=1S/C22H27FN2O/c1-4-16(2)25(15-19-11-9-18(10-12-19)13-14-24)22(26)17(3)20-7-5-6-8-21(20)23/h5-12,16H,3-4,13-15,24H2,1-2H3. The minimum Gasteiger partial charge on any atom is -0.332 e. The molecule has 0 aromatic heterocycles. The highest BCUT2D eigenvalue weighted by Gasteiger charge is 2.23. The Kier molecular flexibility index (Phi) is 7.10. The first-order chi connectivity index (χ1) is 12.5. The molecular formula is C22H27FN2O. The van der Waals surface area contributed by atoms with Gasteiger partial charge in [-0.3, -0.25) is 4.79 Å². The quantitative estimate of drug-likeness (QED) is 0.723. The largest absolute Gasteiger partial charge is 0.332 e. The monoisotopic (exact) mass is 354 g/mol. The Hall–Kier alpha value is -2.46. The SMILES string of the molecule is C=C(C(=O)N(Cc1ccc(CCN)cc1)C(C)CC)c1ccccc1F. The van der Waals surface area contributed by atoms with Gasteiger partial charge in [-0.2, -0.15) is 0 Å². The molecule has 138 valence electrons. The van der Waals surface area contributed by atoms with Gasteiger partial charge in [-0.15, -0.1) is 0 Å². The fourth-order valence-electron chi connectivity index (χ4n) is 2.82. The van der Waals surface area contributed by atoms with Gasteiger partial charge in [0.1, 0.15) is 5.82 Å². The second-order valence-corrected chi connectivity index (χ2v) is 6.50. The predicted octanol–water partition coefficient (Wildman–Crippen LogP) is 4.17. The molecule has 2 N–H and O–H groups in total. The van der Waals surface area contributed by atoms with Crippen LogP contribution < -0.4 is 5.73 Å². The maximum atomic E-state index is 14.0. The smallest absolute Gasteiger partial charge is 0.254 e. The lowest BCUT2D eigenvalue weighted by Gasteiger charge is -2.29. The van der Waals surface area contributed by atoms with E-state index in [2.05, 4.69) is 6.58 Å². The minimum absolute atomic E-state index is 0.0229. The molecule has 0 radical (unpaired) electrons. The first-order valence-corrected chi connectivity index (χ1v) is 9.00. The van der Waals surface area contributed by atoms with Crippen LogP contribution in [0.4, 0.5) is 4.39 Å². The molecule has 26 heavy (non-hydrogen) atoms. The van der Waals surface area contributed by atoms with E-state index >= 15 is 0 Å². The number of nitrogens with two attached hydrogens (primary N) is 1. The van der Waals surface area contributed by atoms with Gasteiger partial charge < -0.3 is 10.6 Å². The summed E-state index contributed by atoms with van der Waals surface area (Å²) in [7, 11) is 0. The third-order valence-corrected chi connectivity index (χ3v) is 4.65. The molecule has 1 unspecified atom stereocenters. The van der Waals surface area contributed by atoms with Crippen LogP contribution in [-0.2, 0) is 17.8 Å². The fraction of sp³-hybridized carbons (Fsp3) is 0.318. The molecule has 2 rings (SSSR count). The van der Waals surface area contributed by atoms with Crippen molar-refractivity contribution in [3.05, 3.63) is 77.6 Å². The number of amides is 1. The molecule has 0 aliphatic carbocycles. The molecule has 0 aliphatic rings. The van der Waals surface area contributed by atoms with E-state index in [0.717, 1.165) is 18.4 Å². The van der Waals surface area contributed by atoms with E-state index in [9.17, 15) is 9.18 Å². The Morgan fingerprint density at radius 2 is 1.77 bits per heavy atom. The van der Waals surface area contributed by atoms with Gasteiger partial charge in [0.25, 0.3) is 5.91 Å². The number of carbonyl (C=O) groups is 1. The summed E-state index contributed by atoms with van der Waals surface area (Å²) in [5.41, 5.74) is 8.22. The molecule has 0 aliphatic heterocycles. The zero-order valence-corrected chi connectivity index (χ0v) is 15.5. The van der Waals surface area contributed by atoms with Gasteiger partial charge in [0.15, 0.2) is 0 Å². The Morgan fingerprint density at radius 3 is 2.35 bits per heavy atom. The number of hydrogen-bond acceptors (Lipinski definition) is 2. The van der Waals surface area contributed by atoms with E-state index in [-0.39, 0.29) is 23.1 Å². The van der Waals surface area contributed by atoms with Crippen LogP contribution in [0.15, 0.2) is 55.1 Å². The first kappa shape index (κ1) is 19.9. The predicted molar refractivity (Wildman–Crippen MR) is 105 cm³/mol. The molecule has 0 heterocycles. The number of nitrogens with zero attached hydrogens (tertiary/aromatic N) is 1. The Balaban J connectivity index is 2.22. The van der Waals surface area contributed by atoms with Crippen molar-refractivity contribution in [2.45, 2.75) is 39.3 Å². The summed E-state index contributed by atoms with van der Waals surface area (Å²) in [6.07, 6.45) is 1.64. The number of rotatable bonds is 8. The van der Waals surface area contributed by atoms with Crippen LogP contribution in [0.1, 0.15) is 37.0 Å². The van der Waals surface area contributed by atoms with Crippen LogP contribution in [-0.4, -0.2) is 23.4 Å². The molecule has 0 bridgehead atoms. The maximum absolute atomic E-state index is 14.0. The van der Waals surface area contributed by atoms with E-state index in [4.69, 9.17) is 5.73 Å². The van der Waals surface area contributed by atoms with Gasteiger partial charge in [0, 0.05) is 23.7 Å². The van der Waals surface area contributed by atoms with Crippen molar-refractivity contribution in [1.82, 2.24) is 4.90 Å². The third kappa shape index (κ3) is 4.79. The highest BCUT2D eigenvalue weighted by molar-refractivity contribution is 6.18. The highest BCUT2D eigenvalue weighted by Crippen LogP contribution is 2.22. The first-order valence-electron chi connectivity index (χ1n) is 9.00. The Morgan fingerprint density at radius 1 is 1.15 bits per heavy atom. The van der Waals surface area contributed by atoms with Crippen molar-refractivity contribution in [2.75, 3.05) is 6.54 Å². The normalized spacial score (nSPS) is 11.8. The average Bonchev–Trinajstić information content (AvgIpc) is 2.66. The maximum Gasteiger partial charge on any atom is 0.254 e. The lowest BCUT2D eigenvalue weighted by Crippen LogP contribution is -2.38. The average molecular weight is 354 g/mol. The second-order valence-electron chi connectivity index (χ2n) is 6.50. The molecule has 3 nitrogen and oxygen atoms in total. The number of halogens is 1. The number of carbonyl (C=O) groups excluding carboxylic acids is 1. The van der Waals surface area contributed by atoms with Gasteiger partial charge >= 0.3 is 0 Å². The van der Waals surface area contributed by atoms with E-state index < -0.39 is 5.82 Å². The molecule has 1 atom stereocenters. The van der Waals surface area contributed by atoms with E-state index in [1.807, 2.05) is 38.1 Å². The van der Waals surface area contributed by atoms with Crippen LogP contribution in [0.3, 0.4) is 0 Å². The summed E-state index contributed by atoms with van der Waals surface area (Å²) in [5.74, 6) is -0.670. The second kappa shape index (κ2) is 9.30. The Labute approximate surface area is 155 Å². The van der Waals surface area contributed by atoms with Gasteiger partial charge in [-0.1, -0.05) is 56.0 Å². The molecular weight excluding hydrogens is 327 g/mol. The Bertz CT molecular complexity index is 755. The summed E-state index contributed by atoms with van der Waals surface area (Å²) in [6, 6.07) is 14.4. The minimum atomic E-state index is -0.430. The lowest BCUT2D eigenvalue weighted by molar-refractivity contribution is -0.127. The van der Waals surface area contributed by atoms with Crippen LogP contribution in [0, 0.1) is 5.82 Å². The third-order valence-electron chi connectivity index (χ3n) is 4.65. The summed E-state index contributed by atoms with van der Waals surface area (Å²) in [6.45, 7) is 8.96. The topological polar surface area (TPSA) is 46.3 Å². The fourth-order valence-corrected chi connectivity index (χ4v) is 2.82. The molecule has 0 saturated carbocycles. The van der Waals surface area contributed by atoms with E-state index in [1.165, 1.54) is 11.6 Å². The summed E-state index contributed by atoms with van der Waals surface area (Å²) in [5, 5.41) is 0. The van der Waals surface area contributed by atoms with Crippen molar-refractivity contribution in [1.29, 1.82) is 0 Å². The van der Waals surface area contributed by atoms with Gasteiger partial charge in [-0.25, -0.2) is 4.39 Å². The zero-order chi connectivity index (χ0) is 19.1. The zero-order valence-electron chi connectivity index (χ0n) is 15.5. The highest BCUT2D eigenvalue weighted by atomic mass is 19.1. The van der Waals surface area contributed by atoms with Crippen molar-refractivity contribution in [3.63, 3.8) is 0 Å². The number of hydrogen-bond donors (Lipinski definition) is 1. The molecule has 0 saturated heterocycles. The lowest BCUT2D eigenvalue weighted by atomic mass is 10.0. The molecule has 2 aromatic carbocycles. The van der Waals surface area contributed by atoms with Crippen LogP contribution >= 0.6 is 0 Å². The van der Waals surface area contributed by atoms with Crippen LogP contribution in [0.5, 0.6) is 0 Å². The van der Waals surface area contributed by atoms with Crippen molar-refractivity contribution in [2.24, 2.45) is 5.73 Å². The van der Waals surface area contributed by atoms with Crippen molar-refractivity contribution in [3.8, 4) is 0 Å². The summed E-state index contributed by atoms with van der Waals surface area (Å²) < 4.78 is 14.0. The molecule has 1 amide bonds. The molecule has 0 spiro atoms. The van der Waals surface area contributed by atoms with Gasteiger partial charge in [-0.05, 0) is 43.5 Å². The van der Waals surface area contributed by atoms with Gasteiger partial charge in [0.2, 0.25) is 0 Å². The summed E-state index contributed by atoms with van der Waals surface area (Å²) in [4.78, 5) is 14.8.